The van der Waals surface area contributed by atoms with Crippen LogP contribution in [0, 0.1) is 0 Å². The first-order chi connectivity index (χ1) is 18.1. The standard InChI is InChI=1S/C26H33N3O8S/c1-17(30)27-21(16-18-8-7-10-22(35-2)24(18)36-3)25(31)28-19-12-14-29(15-13-19)38(33,34)23-11-6-5-9-20(23)26(32)37-4/h5-11,19,21H,12-16H2,1-4H3,(H,27,30)(H,28,31). The fourth-order valence-electron chi connectivity index (χ4n) is 4.44. The zero-order valence-corrected chi connectivity index (χ0v) is 22.7. The maximum Gasteiger partial charge on any atom is 0.339 e. The third kappa shape index (κ3) is 6.62. The van der Waals surface area contributed by atoms with Crippen LogP contribution >= 0.6 is 0 Å². The molecular weight excluding hydrogens is 514 g/mol. The molecule has 0 aliphatic carbocycles. The molecule has 38 heavy (non-hydrogen) atoms. The largest absolute Gasteiger partial charge is 0.493 e. The minimum Gasteiger partial charge on any atom is -0.493 e. The summed E-state index contributed by atoms with van der Waals surface area (Å²) in [5.74, 6) is -0.499. The van der Waals surface area contributed by atoms with Gasteiger partial charge in [-0.1, -0.05) is 24.3 Å². The van der Waals surface area contributed by atoms with Crippen LogP contribution in [0.15, 0.2) is 47.4 Å². The fourth-order valence-corrected chi connectivity index (χ4v) is 6.09. The maximum atomic E-state index is 13.3. The molecule has 2 amide bonds. The number of sulfonamides is 1. The van der Waals surface area contributed by atoms with E-state index in [1.165, 1.54) is 44.7 Å². The van der Waals surface area contributed by atoms with Gasteiger partial charge in [-0.05, 0) is 31.0 Å². The molecule has 1 atom stereocenters. The monoisotopic (exact) mass is 547 g/mol. The number of nitrogens with one attached hydrogen (secondary N) is 2. The lowest BCUT2D eigenvalue weighted by Gasteiger charge is -2.32. The van der Waals surface area contributed by atoms with E-state index in [9.17, 15) is 22.8 Å². The summed E-state index contributed by atoms with van der Waals surface area (Å²) in [7, 11) is 0.257. The second-order valence-corrected chi connectivity index (χ2v) is 10.7. The summed E-state index contributed by atoms with van der Waals surface area (Å²) in [5.41, 5.74) is 0.655. The van der Waals surface area contributed by atoms with Crippen molar-refractivity contribution in [1.29, 1.82) is 0 Å². The molecule has 0 saturated carbocycles. The number of esters is 1. The molecular formula is C26H33N3O8S. The average Bonchev–Trinajstić information content (AvgIpc) is 2.92. The molecule has 1 fully saturated rings. The van der Waals surface area contributed by atoms with Crippen molar-refractivity contribution in [3.8, 4) is 11.5 Å². The van der Waals surface area contributed by atoms with E-state index in [0.717, 1.165) is 0 Å². The molecule has 0 radical (unpaired) electrons. The fraction of sp³-hybridized carbons (Fsp3) is 0.423. The number of carbonyl (C=O) groups excluding carboxylic acids is 3. The number of rotatable bonds is 10. The van der Waals surface area contributed by atoms with Gasteiger partial charge in [0.25, 0.3) is 0 Å². The van der Waals surface area contributed by atoms with E-state index in [0.29, 0.717) is 29.9 Å². The van der Waals surface area contributed by atoms with Crippen molar-refractivity contribution in [3.05, 3.63) is 53.6 Å². The average molecular weight is 548 g/mol. The minimum atomic E-state index is -3.95. The van der Waals surface area contributed by atoms with Gasteiger partial charge in [0, 0.05) is 38.0 Å². The number of amides is 2. The van der Waals surface area contributed by atoms with Crippen LogP contribution in [0.3, 0.4) is 0 Å². The predicted octanol–water partition coefficient (Wildman–Crippen LogP) is 1.51. The molecule has 1 aliphatic rings. The second kappa shape index (κ2) is 12.7. The molecule has 2 N–H and O–H groups in total. The van der Waals surface area contributed by atoms with Crippen molar-refractivity contribution in [3.63, 3.8) is 0 Å². The maximum absolute atomic E-state index is 13.3. The summed E-state index contributed by atoms with van der Waals surface area (Å²) in [5, 5.41) is 5.63. The summed E-state index contributed by atoms with van der Waals surface area (Å²) in [4.78, 5) is 37.0. The normalized spacial score (nSPS) is 15.3. The first kappa shape index (κ1) is 28.9. The van der Waals surface area contributed by atoms with Crippen LogP contribution in [-0.4, -0.2) is 77.0 Å². The molecule has 1 unspecified atom stereocenters. The predicted molar refractivity (Wildman–Crippen MR) is 139 cm³/mol. The van der Waals surface area contributed by atoms with E-state index in [2.05, 4.69) is 10.6 Å². The highest BCUT2D eigenvalue weighted by Gasteiger charge is 2.33. The molecule has 1 saturated heterocycles. The van der Waals surface area contributed by atoms with Gasteiger partial charge in [0.15, 0.2) is 11.5 Å². The van der Waals surface area contributed by atoms with E-state index >= 15 is 0 Å². The third-order valence-electron chi connectivity index (χ3n) is 6.31. The van der Waals surface area contributed by atoms with Gasteiger partial charge in [-0.15, -0.1) is 0 Å². The van der Waals surface area contributed by atoms with Gasteiger partial charge < -0.3 is 24.8 Å². The number of carbonyl (C=O) groups is 3. The Morgan fingerprint density at radius 1 is 1.00 bits per heavy atom. The summed E-state index contributed by atoms with van der Waals surface area (Å²) in [6, 6.07) is 10.0. The molecule has 0 spiro atoms. The van der Waals surface area contributed by atoms with Crippen LogP contribution in [0.4, 0.5) is 0 Å². The van der Waals surface area contributed by atoms with Crippen LogP contribution in [0.1, 0.15) is 35.7 Å². The van der Waals surface area contributed by atoms with Crippen molar-refractivity contribution in [1.82, 2.24) is 14.9 Å². The smallest absolute Gasteiger partial charge is 0.339 e. The van der Waals surface area contributed by atoms with Gasteiger partial charge in [-0.2, -0.15) is 4.31 Å². The highest BCUT2D eigenvalue weighted by Crippen LogP contribution is 2.31. The van der Waals surface area contributed by atoms with Crippen molar-refractivity contribution < 1.29 is 37.0 Å². The van der Waals surface area contributed by atoms with Gasteiger partial charge in [-0.3, -0.25) is 9.59 Å². The van der Waals surface area contributed by atoms with Crippen LogP contribution in [0.2, 0.25) is 0 Å². The highest BCUT2D eigenvalue weighted by molar-refractivity contribution is 7.89. The van der Waals surface area contributed by atoms with Crippen molar-refractivity contribution >= 4 is 27.8 Å². The Kier molecular flexibility index (Phi) is 9.70. The third-order valence-corrected chi connectivity index (χ3v) is 8.27. The molecule has 1 heterocycles. The van der Waals surface area contributed by atoms with Crippen LogP contribution in [0.25, 0.3) is 0 Å². The van der Waals surface area contributed by atoms with E-state index < -0.39 is 22.0 Å². The Morgan fingerprint density at radius 3 is 2.29 bits per heavy atom. The Morgan fingerprint density at radius 2 is 1.68 bits per heavy atom. The molecule has 2 aromatic rings. The van der Waals surface area contributed by atoms with Crippen molar-refractivity contribution in [2.75, 3.05) is 34.4 Å². The number of methoxy groups -OCH3 is 3. The molecule has 206 valence electrons. The van der Waals surface area contributed by atoms with Gasteiger partial charge in [0.1, 0.15) is 6.04 Å². The van der Waals surface area contributed by atoms with E-state index in [1.807, 2.05) is 0 Å². The molecule has 0 aromatic heterocycles. The van der Waals surface area contributed by atoms with E-state index in [1.54, 1.807) is 30.3 Å². The summed E-state index contributed by atoms with van der Waals surface area (Å²) < 4.78 is 43.3. The van der Waals surface area contributed by atoms with E-state index in [4.69, 9.17) is 14.2 Å². The lowest BCUT2D eigenvalue weighted by molar-refractivity contribution is -0.128. The topological polar surface area (TPSA) is 140 Å². The summed E-state index contributed by atoms with van der Waals surface area (Å²) >= 11 is 0. The number of piperidine rings is 1. The van der Waals surface area contributed by atoms with E-state index in [-0.39, 0.29) is 47.8 Å². The number of nitrogens with zero attached hydrogens (tertiary/aromatic N) is 1. The number of para-hydroxylation sites is 1. The minimum absolute atomic E-state index is 0.0310. The Labute approximate surface area is 222 Å². The molecule has 12 heteroatoms. The molecule has 2 aromatic carbocycles. The number of hydrogen-bond donors (Lipinski definition) is 2. The molecule has 11 nitrogen and oxygen atoms in total. The second-order valence-electron chi connectivity index (χ2n) is 8.78. The SMILES string of the molecule is COC(=O)c1ccccc1S(=O)(=O)N1CCC(NC(=O)C(Cc2cccc(OC)c2OC)NC(C)=O)CC1. The van der Waals surface area contributed by atoms with Crippen LogP contribution < -0.4 is 20.1 Å². The summed E-state index contributed by atoms with van der Waals surface area (Å²) in [6.07, 6.45) is 0.893. The Hall–Kier alpha value is -3.64. The summed E-state index contributed by atoms with van der Waals surface area (Å²) in [6.45, 7) is 1.63. The Bertz CT molecular complexity index is 1270. The first-order valence-electron chi connectivity index (χ1n) is 12.1. The van der Waals surface area contributed by atoms with Crippen LogP contribution in [0.5, 0.6) is 11.5 Å². The quantitative estimate of drug-likeness (QED) is 0.427. The van der Waals surface area contributed by atoms with Crippen LogP contribution in [-0.2, 0) is 30.8 Å². The van der Waals surface area contributed by atoms with Gasteiger partial charge in [0.05, 0.1) is 31.8 Å². The lowest BCUT2D eigenvalue weighted by atomic mass is 10.0. The Balaban J connectivity index is 1.69. The van der Waals surface area contributed by atoms with Gasteiger partial charge in [0.2, 0.25) is 21.8 Å². The number of ether oxygens (including phenoxy) is 3. The molecule has 1 aliphatic heterocycles. The zero-order chi connectivity index (χ0) is 27.9. The lowest BCUT2D eigenvalue weighted by Crippen LogP contribution is -2.53. The number of benzene rings is 2. The van der Waals surface area contributed by atoms with Crippen molar-refractivity contribution in [2.24, 2.45) is 0 Å². The van der Waals surface area contributed by atoms with Gasteiger partial charge >= 0.3 is 5.97 Å². The highest BCUT2D eigenvalue weighted by atomic mass is 32.2. The van der Waals surface area contributed by atoms with Gasteiger partial charge in [-0.25, -0.2) is 13.2 Å². The zero-order valence-electron chi connectivity index (χ0n) is 21.9. The molecule has 0 bridgehead atoms. The number of hydrogen-bond acceptors (Lipinski definition) is 8. The van der Waals surface area contributed by atoms with Crippen molar-refractivity contribution in [2.45, 2.75) is 43.2 Å². The first-order valence-corrected chi connectivity index (χ1v) is 13.5. The molecule has 3 rings (SSSR count).